The minimum absolute atomic E-state index is 0.0494. The number of carbonyl (C=O) groups excluding carboxylic acids is 2. The summed E-state index contributed by atoms with van der Waals surface area (Å²) in [5.74, 6) is -0.419. The van der Waals surface area contributed by atoms with Gasteiger partial charge in [0.05, 0.1) is 18.8 Å². The lowest BCUT2D eigenvalue weighted by molar-refractivity contribution is 0.0191. The van der Waals surface area contributed by atoms with Crippen LogP contribution in [0, 0.1) is 0 Å². The number of hydrogen-bond acceptors (Lipinski definition) is 5. The summed E-state index contributed by atoms with van der Waals surface area (Å²) < 4.78 is 9.56. The molecule has 1 aromatic carbocycles. The quantitative estimate of drug-likeness (QED) is 0.630. The van der Waals surface area contributed by atoms with E-state index in [-0.39, 0.29) is 13.2 Å². The lowest BCUT2D eigenvalue weighted by atomic mass is 10.1. The molecule has 0 saturated carbocycles. The summed E-state index contributed by atoms with van der Waals surface area (Å²) >= 11 is 0. The van der Waals surface area contributed by atoms with Crippen molar-refractivity contribution in [3.8, 4) is 0 Å². The van der Waals surface area contributed by atoms with Crippen molar-refractivity contribution >= 4 is 12.1 Å². The Morgan fingerprint density at radius 2 is 1.79 bits per heavy atom. The maximum atomic E-state index is 11.7. The van der Waals surface area contributed by atoms with Crippen molar-refractivity contribution in [2.45, 2.75) is 20.5 Å². The zero-order valence-corrected chi connectivity index (χ0v) is 11.0. The topological polar surface area (TPSA) is 73.9 Å². The summed E-state index contributed by atoms with van der Waals surface area (Å²) in [5, 5.41) is 0. The number of carbonyl (C=O) groups is 2. The molecule has 0 bridgehead atoms. The number of esters is 1. The van der Waals surface area contributed by atoms with Crippen molar-refractivity contribution in [3.05, 3.63) is 35.4 Å². The van der Waals surface area contributed by atoms with Crippen LogP contribution < -0.4 is 5.48 Å². The molecule has 0 atom stereocenters. The predicted octanol–water partition coefficient (Wildman–Crippen LogP) is 2.04. The lowest BCUT2D eigenvalue weighted by Crippen LogP contribution is -2.24. The summed E-state index contributed by atoms with van der Waals surface area (Å²) in [7, 11) is 0. The third-order valence-corrected chi connectivity index (χ3v) is 2.17. The van der Waals surface area contributed by atoms with Crippen LogP contribution in [0.5, 0.6) is 0 Å². The van der Waals surface area contributed by atoms with Crippen molar-refractivity contribution in [1.82, 2.24) is 5.48 Å². The van der Waals surface area contributed by atoms with Gasteiger partial charge in [-0.15, -0.1) is 0 Å². The van der Waals surface area contributed by atoms with Gasteiger partial charge in [-0.2, -0.15) is 5.48 Å². The number of benzene rings is 1. The van der Waals surface area contributed by atoms with E-state index in [4.69, 9.17) is 9.57 Å². The minimum Gasteiger partial charge on any atom is -0.462 e. The third kappa shape index (κ3) is 4.97. The SMILES string of the molecule is CCOC(=O)NOCc1ccccc1C(=O)OCC. The molecule has 0 aromatic heterocycles. The van der Waals surface area contributed by atoms with Gasteiger partial charge >= 0.3 is 12.1 Å². The molecule has 6 heteroatoms. The van der Waals surface area contributed by atoms with E-state index in [1.165, 1.54) is 0 Å². The molecule has 0 aliphatic carbocycles. The highest BCUT2D eigenvalue weighted by molar-refractivity contribution is 5.91. The molecule has 0 saturated heterocycles. The third-order valence-electron chi connectivity index (χ3n) is 2.17. The fraction of sp³-hybridized carbons (Fsp3) is 0.385. The molecule has 0 aliphatic heterocycles. The van der Waals surface area contributed by atoms with E-state index in [0.29, 0.717) is 17.7 Å². The first-order valence-electron chi connectivity index (χ1n) is 5.98. The van der Waals surface area contributed by atoms with Crippen LogP contribution in [0.15, 0.2) is 24.3 Å². The fourth-order valence-corrected chi connectivity index (χ4v) is 1.39. The van der Waals surface area contributed by atoms with E-state index >= 15 is 0 Å². The smallest absolute Gasteiger partial charge is 0.431 e. The highest BCUT2D eigenvalue weighted by Crippen LogP contribution is 2.11. The molecule has 1 rings (SSSR count). The summed E-state index contributed by atoms with van der Waals surface area (Å²) in [6.45, 7) is 4.03. The minimum atomic E-state index is -0.670. The van der Waals surface area contributed by atoms with Crippen LogP contribution in [0.2, 0.25) is 0 Å². The summed E-state index contributed by atoms with van der Waals surface area (Å²) in [5.41, 5.74) is 3.15. The van der Waals surface area contributed by atoms with E-state index in [2.05, 4.69) is 10.2 Å². The van der Waals surface area contributed by atoms with E-state index < -0.39 is 12.1 Å². The highest BCUT2D eigenvalue weighted by Gasteiger charge is 2.12. The van der Waals surface area contributed by atoms with Gasteiger partial charge in [-0.1, -0.05) is 18.2 Å². The molecule has 0 unspecified atom stereocenters. The van der Waals surface area contributed by atoms with Gasteiger partial charge in [-0.3, -0.25) is 4.84 Å². The van der Waals surface area contributed by atoms with Gasteiger partial charge < -0.3 is 9.47 Å². The molecule has 0 fully saturated rings. The molecular weight excluding hydrogens is 250 g/mol. The lowest BCUT2D eigenvalue weighted by Gasteiger charge is -2.09. The average Bonchev–Trinajstić information content (AvgIpc) is 2.40. The van der Waals surface area contributed by atoms with Crippen LogP contribution in [0.25, 0.3) is 0 Å². The first kappa shape index (κ1) is 15.0. The van der Waals surface area contributed by atoms with Gasteiger partial charge in [0.15, 0.2) is 0 Å². The molecule has 1 aromatic rings. The van der Waals surface area contributed by atoms with Crippen LogP contribution in [0.1, 0.15) is 29.8 Å². The Bertz CT molecular complexity index is 433. The van der Waals surface area contributed by atoms with Crippen molar-refractivity contribution in [1.29, 1.82) is 0 Å². The van der Waals surface area contributed by atoms with E-state index in [1.807, 2.05) is 0 Å². The van der Waals surface area contributed by atoms with Crippen molar-refractivity contribution in [2.24, 2.45) is 0 Å². The number of rotatable bonds is 6. The molecule has 0 heterocycles. The normalized spacial score (nSPS) is 9.79. The highest BCUT2D eigenvalue weighted by atomic mass is 16.7. The summed E-state index contributed by atoms with van der Waals surface area (Å²) in [6, 6.07) is 6.86. The Morgan fingerprint density at radius 3 is 2.47 bits per heavy atom. The molecular formula is C13H17NO5. The maximum Gasteiger partial charge on any atom is 0.431 e. The Labute approximate surface area is 111 Å². The number of hydroxylamine groups is 1. The fourth-order valence-electron chi connectivity index (χ4n) is 1.39. The van der Waals surface area contributed by atoms with Crippen molar-refractivity contribution in [3.63, 3.8) is 0 Å². The molecule has 0 radical (unpaired) electrons. The molecule has 19 heavy (non-hydrogen) atoms. The second-order valence-corrected chi connectivity index (χ2v) is 3.49. The molecule has 1 N–H and O–H groups in total. The van der Waals surface area contributed by atoms with Crippen LogP contribution in [0.3, 0.4) is 0 Å². The summed E-state index contributed by atoms with van der Waals surface area (Å²) in [6.07, 6.45) is -0.670. The van der Waals surface area contributed by atoms with Crippen LogP contribution in [0.4, 0.5) is 4.79 Å². The monoisotopic (exact) mass is 267 g/mol. The molecule has 104 valence electrons. The van der Waals surface area contributed by atoms with Crippen LogP contribution >= 0.6 is 0 Å². The second kappa shape index (κ2) is 8.10. The molecule has 0 aliphatic rings. The zero-order chi connectivity index (χ0) is 14.1. The van der Waals surface area contributed by atoms with E-state index in [0.717, 1.165) is 0 Å². The Hall–Kier alpha value is -2.08. The Balaban J connectivity index is 2.58. The van der Waals surface area contributed by atoms with Gasteiger partial charge in [-0.05, 0) is 25.5 Å². The molecule has 6 nitrogen and oxygen atoms in total. The first-order chi connectivity index (χ1) is 9.19. The Kier molecular flexibility index (Phi) is 6.38. The second-order valence-electron chi connectivity index (χ2n) is 3.49. The van der Waals surface area contributed by atoms with Crippen LogP contribution in [-0.2, 0) is 20.9 Å². The molecule has 0 spiro atoms. The molecule has 1 amide bonds. The van der Waals surface area contributed by atoms with Gasteiger partial charge in [0.2, 0.25) is 0 Å². The first-order valence-corrected chi connectivity index (χ1v) is 5.98. The van der Waals surface area contributed by atoms with Gasteiger partial charge in [-0.25, -0.2) is 9.59 Å². The van der Waals surface area contributed by atoms with Gasteiger partial charge in [0.25, 0.3) is 0 Å². The standard InChI is InChI=1S/C13H17NO5/c1-3-17-12(15)11-8-6-5-7-10(11)9-19-14-13(16)18-4-2/h5-8H,3-4,9H2,1-2H3,(H,14,16). The zero-order valence-electron chi connectivity index (χ0n) is 11.0. The van der Waals surface area contributed by atoms with Gasteiger partial charge in [0.1, 0.15) is 6.61 Å². The predicted molar refractivity (Wildman–Crippen MR) is 67.3 cm³/mol. The summed E-state index contributed by atoms with van der Waals surface area (Å²) in [4.78, 5) is 27.7. The Morgan fingerprint density at radius 1 is 1.11 bits per heavy atom. The van der Waals surface area contributed by atoms with E-state index in [9.17, 15) is 9.59 Å². The number of ether oxygens (including phenoxy) is 2. The van der Waals surface area contributed by atoms with Gasteiger partial charge in [0, 0.05) is 0 Å². The van der Waals surface area contributed by atoms with Crippen LogP contribution in [-0.4, -0.2) is 25.3 Å². The average molecular weight is 267 g/mol. The number of hydrogen-bond donors (Lipinski definition) is 1. The number of nitrogens with one attached hydrogen (secondary N) is 1. The largest absolute Gasteiger partial charge is 0.462 e. The maximum absolute atomic E-state index is 11.7. The van der Waals surface area contributed by atoms with E-state index in [1.54, 1.807) is 38.1 Å². The van der Waals surface area contributed by atoms with Crippen molar-refractivity contribution < 1.29 is 23.9 Å². The van der Waals surface area contributed by atoms with Crippen molar-refractivity contribution in [2.75, 3.05) is 13.2 Å². The number of amides is 1.